The van der Waals surface area contributed by atoms with Gasteiger partial charge in [0.2, 0.25) is 0 Å². The third-order valence-electron chi connectivity index (χ3n) is 3.35. The van der Waals surface area contributed by atoms with Crippen LogP contribution in [0, 0.1) is 17.0 Å². The van der Waals surface area contributed by atoms with Gasteiger partial charge in [-0.3, -0.25) is 14.4 Å². The molecule has 0 radical (unpaired) electrons. The number of nitro benzene ring substituents is 1. The number of halogens is 1. The first kappa shape index (κ1) is 17.4. The highest BCUT2D eigenvalue weighted by Crippen LogP contribution is 2.29. The first-order valence-electron chi connectivity index (χ1n) is 6.80. The van der Waals surface area contributed by atoms with Gasteiger partial charge in [-0.15, -0.1) is 0 Å². The van der Waals surface area contributed by atoms with E-state index in [1.807, 2.05) is 0 Å². The summed E-state index contributed by atoms with van der Waals surface area (Å²) in [7, 11) is -3.89. The Morgan fingerprint density at radius 1 is 1.22 bits per heavy atom. The summed E-state index contributed by atoms with van der Waals surface area (Å²) in [6, 6.07) is 10.8. The highest BCUT2D eigenvalue weighted by Gasteiger charge is 2.26. The molecule has 0 amide bonds. The number of sulfonamides is 1. The molecule has 0 atom stereocenters. The Balaban J connectivity index is 2.56. The summed E-state index contributed by atoms with van der Waals surface area (Å²) in [5.74, 6) is 0. The van der Waals surface area contributed by atoms with Gasteiger partial charge < -0.3 is 0 Å². The second-order valence-corrected chi connectivity index (χ2v) is 7.63. The van der Waals surface area contributed by atoms with E-state index in [0.717, 1.165) is 10.5 Å². The Labute approximate surface area is 143 Å². The number of hydrogen-bond donors (Lipinski definition) is 0. The van der Waals surface area contributed by atoms with Crippen LogP contribution in [0.4, 0.5) is 11.4 Å². The van der Waals surface area contributed by atoms with Gasteiger partial charge in [-0.25, -0.2) is 8.42 Å². The number of rotatable bonds is 5. The average molecular weight is 399 g/mol. The Morgan fingerprint density at radius 3 is 2.48 bits per heavy atom. The minimum absolute atomic E-state index is 0.100. The van der Waals surface area contributed by atoms with Gasteiger partial charge in [-0.2, -0.15) is 0 Å². The molecule has 2 aromatic carbocycles. The molecule has 23 heavy (non-hydrogen) atoms. The van der Waals surface area contributed by atoms with Crippen LogP contribution in [0.2, 0.25) is 0 Å². The first-order valence-corrected chi connectivity index (χ1v) is 9.04. The van der Waals surface area contributed by atoms with E-state index in [1.54, 1.807) is 38.1 Å². The molecule has 122 valence electrons. The highest BCUT2D eigenvalue weighted by molar-refractivity contribution is 9.10. The zero-order valence-corrected chi connectivity index (χ0v) is 15.0. The van der Waals surface area contributed by atoms with Crippen molar-refractivity contribution in [2.45, 2.75) is 18.7 Å². The summed E-state index contributed by atoms with van der Waals surface area (Å²) in [5.41, 5.74) is 0.695. The predicted molar refractivity (Wildman–Crippen MR) is 92.2 cm³/mol. The monoisotopic (exact) mass is 398 g/mol. The molecule has 2 rings (SSSR count). The van der Waals surface area contributed by atoms with Crippen molar-refractivity contribution in [3.8, 4) is 0 Å². The summed E-state index contributed by atoms with van der Waals surface area (Å²) in [6.07, 6.45) is 0. The number of hydrogen-bond acceptors (Lipinski definition) is 4. The SMILES string of the molecule is CCN(c1cccc(Br)c1)S(=O)(=O)c1ccc(C)c([N+](=O)[O-])c1. The van der Waals surface area contributed by atoms with Crippen molar-refractivity contribution in [2.24, 2.45) is 0 Å². The molecule has 0 aliphatic carbocycles. The standard InChI is InChI=1S/C15H15BrN2O4S/c1-3-17(13-6-4-5-12(16)9-13)23(21,22)14-8-7-11(2)15(10-14)18(19)20/h4-10H,3H2,1-2H3. The third kappa shape index (κ3) is 3.53. The zero-order chi connectivity index (χ0) is 17.2. The van der Waals surface area contributed by atoms with E-state index in [9.17, 15) is 18.5 Å². The summed E-state index contributed by atoms with van der Waals surface area (Å²) in [6.45, 7) is 3.49. The maximum atomic E-state index is 12.8. The summed E-state index contributed by atoms with van der Waals surface area (Å²) >= 11 is 3.31. The van der Waals surface area contributed by atoms with Gasteiger partial charge in [0.1, 0.15) is 0 Å². The van der Waals surface area contributed by atoms with E-state index in [1.165, 1.54) is 16.4 Å². The zero-order valence-electron chi connectivity index (χ0n) is 12.6. The lowest BCUT2D eigenvalue weighted by Crippen LogP contribution is -2.30. The van der Waals surface area contributed by atoms with Crippen molar-refractivity contribution in [3.63, 3.8) is 0 Å². The van der Waals surface area contributed by atoms with Crippen LogP contribution >= 0.6 is 15.9 Å². The molecule has 0 saturated heterocycles. The van der Waals surface area contributed by atoms with Crippen LogP contribution in [0.3, 0.4) is 0 Å². The first-order chi connectivity index (χ1) is 10.8. The van der Waals surface area contributed by atoms with Crippen LogP contribution in [0.15, 0.2) is 51.8 Å². The number of aryl methyl sites for hydroxylation is 1. The fourth-order valence-corrected chi connectivity index (χ4v) is 4.07. The normalized spacial score (nSPS) is 11.3. The van der Waals surface area contributed by atoms with Gasteiger partial charge in [0.15, 0.2) is 0 Å². The number of benzene rings is 2. The van der Waals surface area contributed by atoms with Gasteiger partial charge in [0.05, 0.1) is 15.5 Å². The molecule has 0 fully saturated rings. The van der Waals surface area contributed by atoms with E-state index in [2.05, 4.69) is 15.9 Å². The fraction of sp³-hybridized carbons (Fsp3) is 0.200. The van der Waals surface area contributed by atoms with Crippen LogP contribution in [0.25, 0.3) is 0 Å². The maximum absolute atomic E-state index is 12.8. The van der Waals surface area contributed by atoms with Crippen molar-refractivity contribution in [2.75, 3.05) is 10.8 Å². The second-order valence-electron chi connectivity index (χ2n) is 4.86. The number of nitro groups is 1. The smallest absolute Gasteiger partial charge is 0.267 e. The summed E-state index contributed by atoms with van der Waals surface area (Å²) in [5, 5.41) is 11.0. The molecular weight excluding hydrogens is 384 g/mol. The van der Waals surface area contributed by atoms with Crippen LogP contribution in [-0.4, -0.2) is 19.9 Å². The summed E-state index contributed by atoms with van der Waals surface area (Å²) < 4.78 is 27.7. The molecule has 0 N–H and O–H groups in total. The lowest BCUT2D eigenvalue weighted by molar-refractivity contribution is -0.385. The molecule has 0 saturated carbocycles. The molecule has 0 spiro atoms. The second kappa shape index (κ2) is 6.67. The molecule has 0 heterocycles. The van der Waals surface area contributed by atoms with Crippen LogP contribution in [0.1, 0.15) is 12.5 Å². The van der Waals surface area contributed by atoms with Crippen LogP contribution in [-0.2, 0) is 10.0 Å². The topological polar surface area (TPSA) is 80.5 Å². The van der Waals surface area contributed by atoms with Gasteiger partial charge in [-0.05, 0) is 38.1 Å². The van der Waals surface area contributed by atoms with Gasteiger partial charge in [-0.1, -0.05) is 28.1 Å². The predicted octanol–water partition coefficient (Wildman–Crippen LogP) is 3.88. The van der Waals surface area contributed by atoms with E-state index in [0.29, 0.717) is 11.3 Å². The van der Waals surface area contributed by atoms with Crippen molar-refractivity contribution < 1.29 is 13.3 Å². The van der Waals surface area contributed by atoms with Gasteiger partial charge in [0, 0.05) is 22.6 Å². The van der Waals surface area contributed by atoms with E-state index in [4.69, 9.17) is 0 Å². The maximum Gasteiger partial charge on any atom is 0.273 e. The molecule has 0 aliphatic heterocycles. The molecule has 8 heteroatoms. The molecule has 0 aromatic heterocycles. The Morgan fingerprint density at radius 2 is 1.91 bits per heavy atom. The largest absolute Gasteiger partial charge is 0.273 e. The quantitative estimate of drug-likeness (QED) is 0.565. The highest BCUT2D eigenvalue weighted by atomic mass is 79.9. The molecule has 0 aliphatic rings. The van der Waals surface area contributed by atoms with Crippen molar-refractivity contribution in [3.05, 3.63) is 62.6 Å². The van der Waals surface area contributed by atoms with E-state index in [-0.39, 0.29) is 17.1 Å². The molecule has 0 unspecified atom stereocenters. The minimum atomic E-state index is -3.89. The van der Waals surface area contributed by atoms with E-state index < -0.39 is 14.9 Å². The van der Waals surface area contributed by atoms with Crippen molar-refractivity contribution >= 4 is 37.3 Å². The number of anilines is 1. The van der Waals surface area contributed by atoms with Gasteiger partial charge >= 0.3 is 0 Å². The molecule has 0 bridgehead atoms. The van der Waals surface area contributed by atoms with Gasteiger partial charge in [0.25, 0.3) is 15.7 Å². The van der Waals surface area contributed by atoms with Crippen LogP contribution in [0.5, 0.6) is 0 Å². The lowest BCUT2D eigenvalue weighted by Gasteiger charge is -2.23. The number of nitrogens with zero attached hydrogens (tertiary/aromatic N) is 2. The van der Waals surface area contributed by atoms with Crippen molar-refractivity contribution in [1.82, 2.24) is 0 Å². The third-order valence-corrected chi connectivity index (χ3v) is 5.74. The summed E-state index contributed by atoms with van der Waals surface area (Å²) in [4.78, 5) is 10.4. The van der Waals surface area contributed by atoms with Crippen molar-refractivity contribution in [1.29, 1.82) is 0 Å². The minimum Gasteiger partial charge on any atom is -0.267 e. The molecule has 6 nitrogen and oxygen atoms in total. The Hall–Kier alpha value is -1.93. The van der Waals surface area contributed by atoms with E-state index >= 15 is 0 Å². The molecule has 2 aromatic rings. The average Bonchev–Trinajstić information content (AvgIpc) is 2.47. The Bertz CT molecular complexity index is 852. The molecular formula is C15H15BrN2O4S. The Kier molecular flexibility index (Phi) is 5.06. The fourth-order valence-electron chi connectivity index (χ4n) is 2.20. The lowest BCUT2D eigenvalue weighted by atomic mass is 10.2. The van der Waals surface area contributed by atoms with Crippen LogP contribution < -0.4 is 4.31 Å².